The van der Waals surface area contributed by atoms with Crippen molar-refractivity contribution in [2.24, 2.45) is 13.0 Å². The fourth-order valence-electron chi connectivity index (χ4n) is 4.16. The molecule has 6 heteroatoms. The average molecular weight is 436 g/mol. The smallest absolute Gasteiger partial charge is 0.247 e. The number of nitrogens with one attached hydrogen (secondary N) is 1. The highest BCUT2D eigenvalue weighted by Crippen LogP contribution is 2.41. The Morgan fingerprint density at radius 1 is 1.13 bits per heavy atom. The third-order valence-corrected chi connectivity index (χ3v) is 6.99. The van der Waals surface area contributed by atoms with Crippen LogP contribution in [0.1, 0.15) is 37.4 Å². The first-order valence-corrected chi connectivity index (χ1v) is 11.8. The Kier molecular flexibility index (Phi) is 6.37. The second-order valence-electron chi connectivity index (χ2n) is 8.46. The zero-order chi connectivity index (χ0) is 22.0. The van der Waals surface area contributed by atoms with Gasteiger partial charge in [-0.1, -0.05) is 74.1 Å². The number of carbonyl (C=O) groups is 2. The molecule has 0 unspecified atom stereocenters. The standard InChI is InChI=1S/C25H29N3O2S/c1-17(2)13-14-28-21(29)16-31-25-22(19-11-7-8-12-20(19)27(25)3)23(28)24(30)26-15-18-9-5-4-6-10-18/h4-12,17,23H,13-16H2,1-3H3,(H,26,30)/t23-/m1/s1. The maximum atomic E-state index is 13.6. The number of nitrogens with zero attached hydrogens (tertiary/aromatic N) is 2. The maximum absolute atomic E-state index is 13.6. The summed E-state index contributed by atoms with van der Waals surface area (Å²) in [7, 11) is 2.02. The number of carbonyl (C=O) groups excluding carboxylic acids is 2. The molecule has 5 nitrogen and oxygen atoms in total. The van der Waals surface area contributed by atoms with Gasteiger partial charge in [-0.15, -0.1) is 0 Å². The lowest BCUT2D eigenvalue weighted by Gasteiger charge is -2.30. The fraction of sp³-hybridized carbons (Fsp3) is 0.360. The van der Waals surface area contributed by atoms with Crippen LogP contribution < -0.4 is 5.32 Å². The van der Waals surface area contributed by atoms with Crippen LogP contribution in [-0.2, 0) is 23.2 Å². The highest BCUT2D eigenvalue weighted by molar-refractivity contribution is 8.00. The van der Waals surface area contributed by atoms with Gasteiger partial charge in [0.1, 0.15) is 6.04 Å². The number of benzene rings is 2. The van der Waals surface area contributed by atoms with E-state index in [1.165, 1.54) is 11.8 Å². The van der Waals surface area contributed by atoms with Crippen LogP contribution in [0.4, 0.5) is 0 Å². The number of fused-ring (bicyclic) bond motifs is 3. The molecule has 2 amide bonds. The number of para-hydroxylation sites is 1. The van der Waals surface area contributed by atoms with Gasteiger partial charge in [0.15, 0.2) is 0 Å². The minimum absolute atomic E-state index is 0.0193. The third-order valence-electron chi connectivity index (χ3n) is 5.83. The lowest BCUT2D eigenvalue weighted by molar-refractivity contribution is -0.139. The molecule has 0 bridgehead atoms. The number of rotatable bonds is 6. The summed E-state index contributed by atoms with van der Waals surface area (Å²) < 4.78 is 2.12. The van der Waals surface area contributed by atoms with Gasteiger partial charge in [0.05, 0.1) is 10.8 Å². The number of aryl methyl sites for hydroxylation is 1. The molecule has 31 heavy (non-hydrogen) atoms. The molecule has 0 fully saturated rings. The summed E-state index contributed by atoms with van der Waals surface area (Å²) in [5.74, 6) is 0.688. The molecule has 0 aliphatic carbocycles. The number of hydrogen-bond donors (Lipinski definition) is 1. The molecule has 0 saturated heterocycles. The van der Waals surface area contributed by atoms with E-state index in [0.29, 0.717) is 24.8 Å². The molecule has 1 aliphatic rings. The summed E-state index contributed by atoms with van der Waals surface area (Å²) in [5.41, 5.74) is 3.07. The van der Waals surface area contributed by atoms with E-state index in [9.17, 15) is 9.59 Å². The molecule has 4 rings (SSSR count). The Labute approximate surface area is 187 Å². The van der Waals surface area contributed by atoms with Crippen molar-refractivity contribution < 1.29 is 9.59 Å². The SMILES string of the molecule is CC(C)CCN1C(=O)CSc2c(c3ccccc3n2C)[C@@H]1C(=O)NCc1ccccc1. The first kappa shape index (κ1) is 21.5. The lowest BCUT2D eigenvalue weighted by Crippen LogP contribution is -2.44. The van der Waals surface area contributed by atoms with Gasteiger partial charge in [-0.3, -0.25) is 9.59 Å². The van der Waals surface area contributed by atoms with Gasteiger partial charge in [-0.05, 0) is 24.0 Å². The van der Waals surface area contributed by atoms with E-state index >= 15 is 0 Å². The van der Waals surface area contributed by atoms with Crippen LogP contribution in [0.15, 0.2) is 59.6 Å². The summed E-state index contributed by atoms with van der Waals surface area (Å²) in [6, 6.07) is 17.4. The first-order valence-electron chi connectivity index (χ1n) is 10.8. The molecule has 1 N–H and O–H groups in total. The number of amides is 2. The highest BCUT2D eigenvalue weighted by Gasteiger charge is 2.38. The molecule has 2 heterocycles. The van der Waals surface area contributed by atoms with Crippen LogP contribution in [-0.4, -0.2) is 33.6 Å². The molecule has 3 aromatic rings. The van der Waals surface area contributed by atoms with Crippen molar-refractivity contribution >= 4 is 34.5 Å². The van der Waals surface area contributed by atoms with Crippen LogP contribution in [0, 0.1) is 5.92 Å². The molecule has 0 saturated carbocycles. The summed E-state index contributed by atoms with van der Waals surface area (Å²) in [6.07, 6.45) is 0.860. The van der Waals surface area contributed by atoms with Crippen LogP contribution in [0.25, 0.3) is 10.9 Å². The molecule has 1 aromatic heterocycles. The molecule has 162 valence electrons. The van der Waals surface area contributed by atoms with Crippen molar-refractivity contribution in [1.29, 1.82) is 0 Å². The van der Waals surface area contributed by atoms with Crippen molar-refractivity contribution in [3.8, 4) is 0 Å². The normalized spacial score (nSPS) is 16.5. The third kappa shape index (κ3) is 4.35. The van der Waals surface area contributed by atoms with Gasteiger partial charge in [0.25, 0.3) is 0 Å². The van der Waals surface area contributed by atoms with Crippen LogP contribution in [0.3, 0.4) is 0 Å². The molecule has 2 aromatic carbocycles. The highest BCUT2D eigenvalue weighted by atomic mass is 32.2. The number of hydrogen-bond acceptors (Lipinski definition) is 3. The Hall–Kier alpha value is -2.73. The monoisotopic (exact) mass is 435 g/mol. The second-order valence-corrected chi connectivity index (χ2v) is 9.42. The van der Waals surface area contributed by atoms with Crippen molar-refractivity contribution in [3.05, 3.63) is 65.7 Å². The number of thioether (sulfide) groups is 1. The summed E-state index contributed by atoms with van der Waals surface area (Å²) >= 11 is 1.54. The Morgan fingerprint density at radius 3 is 2.58 bits per heavy atom. The summed E-state index contributed by atoms with van der Waals surface area (Å²) in [4.78, 5) is 28.6. The van der Waals surface area contributed by atoms with Gasteiger partial charge in [-0.25, -0.2) is 0 Å². The van der Waals surface area contributed by atoms with Gasteiger partial charge in [0, 0.05) is 36.6 Å². The zero-order valence-electron chi connectivity index (χ0n) is 18.3. The molecule has 1 aliphatic heterocycles. The van der Waals surface area contributed by atoms with E-state index in [1.807, 2.05) is 49.5 Å². The van der Waals surface area contributed by atoms with Crippen LogP contribution >= 0.6 is 11.8 Å². The number of aromatic nitrogens is 1. The zero-order valence-corrected chi connectivity index (χ0v) is 19.1. The van der Waals surface area contributed by atoms with Gasteiger partial charge < -0.3 is 14.8 Å². The molecule has 0 radical (unpaired) electrons. The Morgan fingerprint density at radius 2 is 1.84 bits per heavy atom. The van der Waals surface area contributed by atoms with Crippen molar-refractivity contribution in [1.82, 2.24) is 14.8 Å². The van der Waals surface area contributed by atoms with E-state index in [1.54, 1.807) is 4.90 Å². The van der Waals surface area contributed by atoms with E-state index in [2.05, 4.69) is 35.9 Å². The van der Waals surface area contributed by atoms with E-state index in [4.69, 9.17) is 0 Å². The minimum atomic E-state index is -0.633. The van der Waals surface area contributed by atoms with Gasteiger partial charge >= 0.3 is 0 Å². The lowest BCUT2D eigenvalue weighted by atomic mass is 10.0. The molecule has 0 spiro atoms. The largest absolute Gasteiger partial charge is 0.350 e. The van der Waals surface area contributed by atoms with Crippen molar-refractivity contribution in [2.75, 3.05) is 12.3 Å². The second kappa shape index (κ2) is 9.18. The Balaban J connectivity index is 1.76. The van der Waals surface area contributed by atoms with E-state index in [0.717, 1.165) is 33.5 Å². The first-order chi connectivity index (χ1) is 15.0. The molecular weight excluding hydrogens is 406 g/mol. The maximum Gasteiger partial charge on any atom is 0.247 e. The summed E-state index contributed by atoms with van der Waals surface area (Å²) in [6.45, 7) is 5.30. The molecular formula is C25H29N3O2S. The Bertz CT molecular complexity index is 1090. The fourth-order valence-corrected chi connectivity index (χ4v) is 5.25. The van der Waals surface area contributed by atoms with Gasteiger partial charge in [-0.2, -0.15) is 0 Å². The van der Waals surface area contributed by atoms with Crippen molar-refractivity contribution in [2.45, 2.75) is 37.9 Å². The minimum Gasteiger partial charge on any atom is -0.350 e. The van der Waals surface area contributed by atoms with E-state index in [-0.39, 0.29) is 11.8 Å². The predicted molar refractivity (Wildman–Crippen MR) is 126 cm³/mol. The quantitative estimate of drug-likeness (QED) is 0.620. The van der Waals surface area contributed by atoms with Crippen LogP contribution in [0.2, 0.25) is 0 Å². The van der Waals surface area contributed by atoms with Gasteiger partial charge in [0.2, 0.25) is 11.8 Å². The van der Waals surface area contributed by atoms with Crippen LogP contribution in [0.5, 0.6) is 0 Å². The summed E-state index contributed by atoms with van der Waals surface area (Å²) in [5, 5.41) is 5.14. The topological polar surface area (TPSA) is 54.3 Å². The molecule has 1 atom stereocenters. The van der Waals surface area contributed by atoms with Crippen molar-refractivity contribution in [3.63, 3.8) is 0 Å². The predicted octanol–water partition coefficient (Wildman–Crippen LogP) is 4.52. The van der Waals surface area contributed by atoms with E-state index < -0.39 is 6.04 Å². The average Bonchev–Trinajstić information content (AvgIpc) is 2.95.